The summed E-state index contributed by atoms with van der Waals surface area (Å²) in [5.41, 5.74) is 10.2. The molecule has 0 radical (unpaired) electrons. The Morgan fingerprint density at radius 2 is 1.93 bits per heavy atom. The second kappa shape index (κ2) is 12.5. The smallest absolute Gasteiger partial charge is 0.240 e. The zero-order valence-corrected chi connectivity index (χ0v) is 24.0. The summed E-state index contributed by atoms with van der Waals surface area (Å²) in [7, 11) is -3.51. The van der Waals surface area contributed by atoms with Gasteiger partial charge in [0.05, 0.1) is 22.7 Å². The maximum atomic E-state index is 13.9. The van der Waals surface area contributed by atoms with E-state index < -0.39 is 16.1 Å². The zero-order chi connectivity index (χ0) is 28.3. The van der Waals surface area contributed by atoms with Crippen LogP contribution >= 0.6 is 0 Å². The minimum atomic E-state index is -3.51. The van der Waals surface area contributed by atoms with E-state index in [0.29, 0.717) is 47.3 Å². The lowest BCUT2D eigenvalue weighted by Crippen LogP contribution is -2.41. The summed E-state index contributed by atoms with van der Waals surface area (Å²) in [6.45, 7) is 5.32. The molecule has 0 aromatic heterocycles. The minimum Gasteiger partial charge on any atom is -0.397 e. The number of halogens is 1. The highest BCUT2D eigenvalue weighted by atomic mass is 32.2. The van der Waals surface area contributed by atoms with Gasteiger partial charge in [-0.05, 0) is 106 Å². The summed E-state index contributed by atoms with van der Waals surface area (Å²) in [5.74, 6) is 0.967. The van der Waals surface area contributed by atoms with E-state index in [1.165, 1.54) is 30.6 Å². The number of aliphatic hydroxyl groups excluding tert-OH is 1. The number of hydrogen-bond acceptors (Lipinski definition) is 7. The number of fused-ring (bicyclic) bond motifs is 1. The van der Waals surface area contributed by atoms with Crippen LogP contribution in [0.15, 0.2) is 75.9 Å². The molecule has 2 unspecified atom stereocenters. The van der Waals surface area contributed by atoms with Gasteiger partial charge in [-0.25, -0.2) is 17.5 Å². The number of allylic oxidation sites excluding steroid dienone is 3. The fraction of sp³-hybridized carbons (Fsp3) is 0.533. The summed E-state index contributed by atoms with van der Waals surface area (Å²) in [4.78, 5) is 2.62. The molecule has 0 bridgehead atoms. The average Bonchev–Trinajstić information content (AvgIpc) is 3.66. The van der Waals surface area contributed by atoms with E-state index in [4.69, 9.17) is 5.73 Å². The van der Waals surface area contributed by atoms with Crippen molar-refractivity contribution in [1.82, 2.24) is 20.3 Å². The first-order valence-corrected chi connectivity index (χ1v) is 15.9. The lowest BCUT2D eigenvalue weighted by atomic mass is 9.93. The van der Waals surface area contributed by atoms with Crippen LogP contribution in [0.25, 0.3) is 0 Å². The van der Waals surface area contributed by atoms with Gasteiger partial charge in [-0.2, -0.15) is 0 Å². The number of nitrogens with zero attached hydrogens (tertiary/aromatic N) is 1. The summed E-state index contributed by atoms with van der Waals surface area (Å²) in [6, 6.07) is 7.22. The number of sulfonamides is 1. The fourth-order valence-corrected chi connectivity index (χ4v) is 6.84. The average molecular weight is 572 g/mol. The highest BCUT2D eigenvalue weighted by molar-refractivity contribution is 7.89. The molecule has 5 rings (SSSR count). The number of nitrogens with one attached hydrogen (secondary N) is 3. The summed E-state index contributed by atoms with van der Waals surface area (Å²) in [6.07, 6.45) is 10.2. The number of hydrogen-bond donors (Lipinski definition) is 5. The number of nitrogens with two attached hydrogens (primary N) is 1. The van der Waals surface area contributed by atoms with Crippen LogP contribution in [0.4, 0.5) is 4.39 Å². The van der Waals surface area contributed by atoms with Crippen LogP contribution < -0.4 is 21.1 Å². The highest BCUT2D eigenvalue weighted by Crippen LogP contribution is 2.36. The normalized spacial score (nSPS) is 23.4. The lowest BCUT2D eigenvalue weighted by Gasteiger charge is -2.32. The quantitative estimate of drug-likeness (QED) is 0.262. The van der Waals surface area contributed by atoms with Crippen molar-refractivity contribution < 1.29 is 17.9 Å². The molecule has 6 N–H and O–H groups in total. The Hall–Kier alpha value is -2.66. The zero-order valence-electron chi connectivity index (χ0n) is 23.2. The van der Waals surface area contributed by atoms with Gasteiger partial charge in [-0.15, -0.1) is 0 Å². The Morgan fingerprint density at radius 1 is 1.20 bits per heavy atom. The molecule has 10 heteroatoms. The molecule has 1 saturated heterocycles. The molecule has 2 heterocycles. The molecule has 2 aliphatic heterocycles. The molecular weight excluding hydrogens is 529 g/mol. The predicted molar refractivity (Wildman–Crippen MR) is 155 cm³/mol. The van der Waals surface area contributed by atoms with E-state index in [0.717, 1.165) is 50.4 Å². The Labute approximate surface area is 237 Å². The van der Waals surface area contributed by atoms with Gasteiger partial charge in [-0.3, -0.25) is 0 Å². The van der Waals surface area contributed by atoms with E-state index >= 15 is 0 Å². The monoisotopic (exact) mass is 571 g/mol. The number of rotatable bonds is 12. The van der Waals surface area contributed by atoms with E-state index in [9.17, 15) is 17.9 Å². The van der Waals surface area contributed by atoms with Crippen molar-refractivity contribution in [3.8, 4) is 0 Å². The third-order valence-electron chi connectivity index (χ3n) is 8.36. The number of likely N-dealkylation sites (tertiary alicyclic amines) is 1. The summed E-state index contributed by atoms with van der Waals surface area (Å²) < 4.78 is 42.1. The molecule has 1 aromatic rings. The Balaban J connectivity index is 1.04. The maximum Gasteiger partial charge on any atom is 0.240 e. The van der Waals surface area contributed by atoms with Crippen LogP contribution in [0.1, 0.15) is 44.6 Å². The third-order valence-corrected chi connectivity index (χ3v) is 9.83. The van der Waals surface area contributed by atoms with E-state index in [1.807, 2.05) is 12.1 Å². The van der Waals surface area contributed by atoms with Crippen LogP contribution in [0.2, 0.25) is 0 Å². The number of benzene rings is 1. The number of piperidine rings is 1. The Kier molecular flexibility index (Phi) is 8.99. The first-order valence-electron chi connectivity index (χ1n) is 14.5. The molecule has 8 nitrogen and oxygen atoms in total. The molecule has 0 spiro atoms. The van der Waals surface area contributed by atoms with Gasteiger partial charge < -0.3 is 26.4 Å². The molecule has 1 saturated carbocycles. The summed E-state index contributed by atoms with van der Waals surface area (Å²) in [5, 5.41) is 16.9. The topological polar surface area (TPSA) is 120 Å². The molecule has 218 valence electrons. The Morgan fingerprint density at radius 3 is 2.60 bits per heavy atom. The molecule has 40 heavy (non-hydrogen) atoms. The van der Waals surface area contributed by atoms with Crippen LogP contribution in [0.3, 0.4) is 0 Å². The second-order valence-electron chi connectivity index (χ2n) is 11.6. The SMILES string of the molecule is CC(O)C1=C(C(N)=CNCC2CCN(CCNS(=O)(=O)c3ccc(CC4CC4)cc3)CC2)C2=CC(F)=CCC2N1. The lowest BCUT2D eigenvalue weighted by molar-refractivity contribution is 0.187. The Bertz CT molecular complexity index is 1290. The first-order chi connectivity index (χ1) is 19.2. The van der Waals surface area contributed by atoms with Gasteiger partial charge in [0.15, 0.2) is 0 Å². The van der Waals surface area contributed by atoms with Crippen molar-refractivity contribution in [2.75, 3.05) is 32.7 Å². The molecule has 4 aliphatic rings. The van der Waals surface area contributed by atoms with Gasteiger partial charge in [0.2, 0.25) is 10.0 Å². The van der Waals surface area contributed by atoms with Gasteiger partial charge >= 0.3 is 0 Å². The predicted octanol–water partition coefficient (Wildman–Crippen LogP) is 2.81. The molecule has 0 amide bonds. The van der Waals surface area contributed by atoms with Crippen molar-refractivity contribution in [1.29, 1.82) is 0 Å². The van der Waals surface area contributed by atoms with Gasteiger partial charge in [0.1, 0.15) is 5.83 Å². The summed E-state index contributed by atoms with van der Waals surface area (Å²) >= 11 is 0. The fourth-order valence-electron chi connectivity index (χ4n) is 5.82. The third kappa shape index (κ3) is 7.15. The highest BCUT2D eigenvalue weighted by Gasteiger charge is 2.33. The van der Waals surface area contributed by atoms with Gasteiger partial charge in [-0.1, -0.05) is 12.1 Å². The maximum absolute atomic E-state index is 13.9. The first kappa shape index (κ1) is 28.9. The van der Waals surface area contributed by atoms with Crippen LogP contribution in [-0.2, 0) is 16.4 Å². The molecular formula is C30H42FN5O3S. The van der Waals surface area contributed by atoms with Crippen LogP contribution in [0.5, 0.6) is 0 Å². The van der Waals surface area contributed by atoms with Gasteiger partial charge in [0.25, 0.3) is 0 Å². The second-order valence-corrected chi connectivity index (χ2v) is 13.3. The molecule has 2 aliphatic carbocycles. The van der Waals surface area contributed by atoms with Crippen molar-refractivity contribution in [3.63, 3.8) is 0 Å². The standard InChI is InChI=1S/C30H42FN5O3S/c1-20(37)30-29(26-17-24(31)6-9-28(26)35-30)27(32)19-33-18-23-10-13-36(14-11-23)15-12-34-40(38,39)25-7-4-22(5-8-25)16-21-2-3-21/h4-8,17,19-21,23,28,33-35,37H,2-3,9-16,18,32H2,1H3. The van der Waals surface area contributed by atoms with E-state index in [1.54, 1.807) is 25.3 Å². The van der Waals surface area contributed by atoms with E-state index in [2.05, 4.69) is 20.3 Å². The van der Waals surface area contributed by atoms with Crippen LogP contribution in [-0.4, -0.2) is 63.3 Å². The number of aliphatic hydroxyl groups is 1. The van der Waals surface area contributed by atoms with Crippen molar-refractivity contribution >= 4 is 10.0 Å². The minimum absolute atomic E-state index is 0.0719. The van der Waals surface area contributed by atoms with Crippen molar-refractivity contribution in [2.45, 2.75) is 62.5 Å². The van der Waals surface area contributed by atoms with Crippen LogP contribution in [0, 0.1) is 11.8 Å². The van der Waals surface area contributed by atoms with Gasteiger partial charge in [0, 0.05) is 37.1 Å². The molecule has 2 atom stereocenters. The van der Waals surface area contributed by atoms with Crippen molar-refractivity contribution in [3.05, 3.63) is 76.5 Å². The molecule has 1 aromatic carbocycles. The van der Waals surface area contributed by atoms with E-state index in [-0.39, 0.29) is 11.9 Å². The van der Waals surface area contributed by atoms with Crippen molar-refractivity contribution in [2.24, 2.45) is 17.6 Å². The largest absolute Gasteiger partial charge is 0.397 e. The molecule has 2 fully saturated rings.